The maximum atomic E-state index is 8.81. The molecule has 0 aromatic carbocycles. The maximum Gasteiger partial charge on any atom is 0.0637 e. The van der Waals surface area contributed by atoms with Crippen LogP contribution in [-0.4, -0.2) is 57.8 Å². The number of nitrogens with zero attached hydrogens (tertiary/aromatic N) is 9. The molecule has 4 aliphatic carbocycles. The molecule has 0 amide bonds. The number of azide groups is 3. The van der Waals surface area contributed by atoms with Crippen molar-refractivity contribution < 1.29 is 14.2 Å². The van der Waals surface area contributed by atoms with Gasteiger partial charge in [0.2, 0.25) is 0 Å². The predicted octanol–water partition coefficient (Wildman–Crippen LogP) is 7.61. The third kappa shape index (κ3) is 6.03. The predicted molar refractivity (Wildman–Crippen MR) is 152 cm³/mol. The van der Waals surface area contributed by atoms with E-state index in [4.69, 9.17) is 30.8 Å². The minimum Gasteiger partial charge on any atom is -0.378 e. The molecule has 3 unspecified atom stereocenters. The van der Waals surface area contributed by atoms with E-state index in [0.717, 1.165) is 32.1 Å². The van der Waals surface area contributed by atoms with Gasteiger partial charge in [0.05, 0.1) is 38.1 Å². The van der Waals surface area contributed by atoms with Gasteiger partial charge >= 0.3 is 0 Å². The molecular formula is C28H47N9O3. The summed E-state index contributed by atoms with van der Waals surface area (Å²) in [5.74, 6) is 2.95. The lowest BCUT2D eigenvalue weighted by Gasteiger charge is -2.64. The number of ether oxygens (including phenoxy) is 3. The Labute approximate surface area is 237 Å². The number of hydrogen-bond acceptors (Lipinski definition) is 6. The van der Waals surface area contributed by atoms with Crippen molar-refractivity contribution in [3.05, 3.63) is 31.3 Å². The second-order valence-electron chi connectivity index (χ2n) is 13.2. The topological polar surface area (TPSA) is 174 Å². The monoisotopic (exact) mass is 557 g/mol. The normalized spacial score (nSPS) is 40.1. The summed E-state index contributed by atoms with van der Waals surface area (Å²) < 4.78 is 19.5. The average molecular weight is 558 g/mol. The van der Waals surface area contributed by atoms with Gasteiger partial charge in [0, 0.05) is 39.8 Å². The van der Waals surface area contributed by atoms with Crippen LogP contribution in [0.25, 0.3) is 31.3 Å². The Bertz CT molecular complexity index is 1010. The summed E-state index contributed by atoms with van der Waals surface area (Å²) in [4.78, 5) is 8.70. The van der Waals surface area contributed by atoms with Crippen molar-refractivity contribution in [2.24, 2.45) is 61.7 Å². The highest BCUT2D eigenvalue weighted by atomic mass is 16.5. The molecule has 0 aliphatic heterocycles. The zero-order chi connectivity index (χ0) is 28.8. The molecule has 0 heterocycles. The van der Waals surface area contributed by atoms with Gasteiger partial charge in [-0.1, -0.05) is 43.0 Å². The SMILES string of the molecule is CC(C)[C@H]1CC[C@H]2C3[C@H](OCCN=[N+]=[N-])CC4CC(OCCN=[N+]=[N-])CC[C@]4(C)[C@H]3C[C@H](OCCN=[N+]=[N-])[C@]12C. The molecule has 12 nitrogen and oxygen atoms in total. The average Bonchev–Trinajstić information content (AvgIpc) is 3.30. The summed E-state index contributed by atoms with van der Waals surface area (Å²) in [6.45, 7) is 12.1. The van der Waals surface area contributed by atoms with E-state index >= 15 is 0 Å². The van der Waals surface area contributed by atoms with Gasteiger partial charge in [0.15, 0.2) is 0 Å². The molecule has 4 saturated carbocycles. The van der Waals surface area contributed by atoms with E-state index in [9.17, 15) is 0 Å². The maximum absolute atomic E-state index is 8.81. The Morgan fingerprint density at radius 3 is 2.02 bits per heavy atom. The Morgan fingerprint density at radius 1 is 0.775 bits per heavy atom. The van der Waals surface area contributed by atoms with Gasteiger partial charge in [-0.25, -0.2) is 0 Å². The van der Waals surface area contributed by atoms with Gasteiger partial charge < -0.3 is 14.2 Å². The fraction of sp³-hybridized carbons (Fsp3) is 1.00. The summed E-state index contributed by atoms with van der Waals surface area (Å²) in [5.41, 5.74) is 26.4. The van der Waals surface area contributed by atoms with Gasteiger partial charge in [-0.3, -0.25) is 0 Å². The second kappa shape index (κ2) is 13.6. The van der Waals surface area contributed by atoms with Crippen molar-refractivity contribution in [1.29, 1.82) is 0 Å². The van der Waals surface area contributed by atoms with Crippen LogP contribution in [0.3, 0.4) is 0 Å². The molecule has 12 heteroatoms. The molecule has 0 radical (unpaired) electrons. The van der Waals surface area contributed by atoms with Crippen LogP contribution in [0.15, 0.2) is 15.3 Å². The second-order valence-corrected chi connectivity index (χ2v) is 13.2. The first kappa shape index (κ1) is 30.8. The smallest absolute Gasteiger partial charge is 0.0637 e. The highest BCUT2D eigenvalue weighted by Crippen LogP contribution is 2.69. The summed E-state index contributed by atoms with van der Waals surface area (Å²) in [6, 6.07) is 0. The van der Waals surface area contributed by atoms with Crippen molar-refractivity contribution in [3.8, 4) is 0 Å². The first-order valence-corrected chi connectivity index (χ1v) is 15.2. The van der Waals surface area contributed by atoms with Crippen molar-refractivity contribution >= 4 is 0 Å². The minimum absolute atomic E-state index is 0.0306. The van der Waals surface area contributed by atoms with Crippen LogP contribution in [0.4, 0.5) is 0 Å². The molecule has 0 bridgehead atoms. The lowest BCUT2D eigenvalue weighted by Crippen LogP contribution is -2.63. The first-order chi connectivity index (χ1) is 19.3. The van der Waals surface area contributed by atoms with Crippen LogP contribution in [0, 0.1) is 46.3 Å². The van der Waals surface area contributed by atoms with Crippen LogP contribution >= 0.6 is 0 Å². The lowest BCUT2D eigenvalue weighted by atomic mass is 9.43. The van der Waals surface area contributed by atoms with Crippen LogP contribution in [0.5, 0.6) is 0 Å². The van der Waals surface area contributed by atoms with Crippen molar-refractivity contribution in [2.75, 3.05) is 39.5 Å². The first-order valence-electron chi connectivity index (χ1n) is 15.2. The molecule has 0 aromatic rings. The standard InChI is InChI=1S/C28H47N9O3/c1-18(2)21-5-6-22-26-23(17-25(28(21,22)4)40-14-11-34-37-31)27(3)8-7-20(38-12-9-32-35-29)15-19(27)16-24(26)39-13-10-33-36-30/h18-26H,5-17H2,1-4H3/t19?,20?,21-,22+,23+,24-,25+,26?,27+,28-/m1/s1. The van der Waals surface area contributed by atoms with Gasteiger partial charge in [-0.2, -0.15) is 0 Å². The van der Waals surface area contributed by atoms with E-state index in [1.165, 1.54) is 12.8 Å². The number of fused-ring (bicyclic) bond motifs is 5. The van der Waals surface area contributed by atoms with Gasteiger partial charge in [0.25, 0.3) is 0 Å². The summed E-state index contributed by atoms with van der Waals surface area (Å²) in [7, 11) is 0. The Kier molecular flexibility index (Phi) is 10.5. The zero-order valence-electron chi connectivity index (χ0n) is 24.6. The van der Waals surface area contributed by atoms with E-state index in [2.05, 4.69) is 57.8 Å². The van der Waals surface area contributed by atoms with E-state index in [-0.39, 0.29) is 29.1 Å². The third-order valence-corrected chi connectivity index (χ3v) is 11.3. The van der Waals surface area contributed by atoms with Gasteiger partial charge in [0.1, 0.15) is 0 Å². The summed E-state index contributed by atoms with van der Waals surface area (Å²) in [5, 5.41) is 11.1. The van der Waals surface area contributed by atoms with E-state index in [0.29, 0.717) is 75.0 Å². The number of hydrogen-bond donors (Lipinski definition) is 0. The van der Waals surface area contributed by atoms with Crippen LogP contribution in [0.1, 0.15) is 72.6 Å². The lowest BCUT2D eigenvalue weighted by molar-refractivity contribution is -0.226. The van der Waals surface area contributed by atoms with Crippen molar-refractivity contribution in [3.63, 3.8) is 0 Å². The minimum atomic E-state index is 0.0306. The van der Waals surface area contributed by atoms with E-state index in [1.807, 2.05) is 0 Å². The summed E-state index contributed by atoms with van der Waals surface area (Å²) >= 11 is 0. The quantitative estimate of drug-likeness (QED) is 0.0982. The Hall–Kier alpha value is -2.19. The fourth-order valence-electron chi connectivity index (χ4n) is 9.67. The summed E-state index contributed by atoms with van der Waals surface area (Å²) in [6.07, 6.45) is 7.82. The van der Waals surface area contributed by atoms with E-state index in [1.54, 1.807) is 0 Å². The van der Waals surface area contributed by atoms with Gasteiger partial charge in [-0.05, 0) is 102 Å². The van der Waals surface area contributed by atoms with E-state index < -0.39 is 0 Å². The molecule has 10 atom stereocenters. The molecule has 4 fully saturated rings. The largest absolute Gasteiger partial charge is 0.378 e. The molecule has 0 aromatic heterocycles. The molecule has 4 aliphatic rings. The third-order valence-electron chi connectivity index (χ3n) is 11.3. The number of rotatable bonds is 13. The highest BCUT2D eigenvalue weighted by molar-refractivity contribution is 5.15. The van der Waals surface area contributed by atoms with Crippen molar-refractivity contribution in [2.45, 2.75) is 91.0 Å². The van der Waals surface area contributed by atoms with Crippen LogP contribution in [0.2, 0.25) is 0 Å². The fourth-order valence-corrected chi connectivity index (χ4v) is 9.67. The molecule has 0 saturated heterocycles. The molecule has 0 N–H and O–H groups in total. The highest BCUT2D eigenvalue weighted by Gasteiger charge is 2.66. The molecule has 222 valence electrons. The Balaban J connectivity index is 1.63. The molecule has 0 spiro atoms. The zero-order valence-corrected chi connectivity index (χ0v) is 24.6. The van der Waals surface area contributed by atoms with Crippen LogP contribution < -0.4 is 0 Å². The molecule has 40 heavy (non-hydrogen) atoms. The van der Waals surface area contributed by atoms with Gasteiger partial charge in [-0.15, -0.1) is 0 Å². The molecule has 4 rings (SSSR count). The van der Waals surface area contributed by atoms with Crippen molar-refractivity contribution in [1.82, 2.24) is 0 Å². The molecular weight excluding hydrogens is 510 g/mol. The Morgan fingerprint density at radius 2 is 1.40 bits per heavy atom. The van der Waals surface area contributed by atoms with Crippen LogP contribution in [-0.2, 0) is 14.2 Å².